The highest BCUT2D eigenvalue weighted by molar-refractivity contribution is 5.80. The minimum Gasteiger partial charge on any atom is -0.324 e. The Hall–Kier alpha value is -2.01. The number of Topliss-reactive ketones (excluding diaryl/α,β-unsaturated/α-hetero) is 1. The lowest BCUT2D eigenvalue weighted by molar-refractivity contribution is -0.118. The van der Waals surface area contributed by atoms with Crippen molar-refractivity contribution in [2.45, 2.75) is 38.8 Å². The number of carbonyl (C=O) groups is 1. The largest absolute Gasteiger partial charge is 0.324 e. The van der Waals surface area contributed by atoms with Crippen LogP contribution in [0.2, 0.25) is 0 Å². The molecule has 20 heavy (non-hydrogen) atoms. The van der Waals surface area contributed by atoms with Crippen LogP contribution in [-0.4, -0.2) is 20.5 Å². The number of hydrogen-bond acceptors (Lipinski definition) is 4. The molecule has 5 heteroatoms. The topological polar surface area (TPSA) is 73.8 Å². The van der Waals surface area contributed by atoms with Crippen LogP contribution in [0.1, 0.15) is 43.7 Å². The van der Waals surface area contributed by atoms with E-state index in [4.69, 9.17) is 5.73 Å². The minimum absolute atomic E-state index is 0.0799. The number of carbonyl (C=O) groups excluding carboxylic acids is 1. The van der Waals surface area contributed by atoms with Crippen LogP contribution in [-0.2, 0) is 11.2 Å². The van der Waals surface area contributed by atoms with Gasteiger partial charge in [-0.3, -0.25) is 4.79 Å². The fourth-order valence-corrected chi connectivity index (χ4v) is 2.14. The number of hydrogen-bond donors (Lipinski definition) is 1. The Kier molecular flexibility index (Phi) is 4.63. The van der Waals surface area contributed by atoms with Gasteiger partial charge >= 0.3 is 0 Å². The van der Waals surface area contributed by atoms with E-state index in [-0.39, 0.29) is 24.3 Å². The highest BCUT2D eigenvalue weighted by Crippen LogP contribution is 2.15. The molecule has 0 bridgehead atoms. The van der Waals surface area contributed by atoms with E-state index >= 15 is 0 Å². The van der Waals surface area contributed by atoms with Crippen molar-refractivity contribution >= 4 is 5.78 Å². The summed E-state index contributed by atoms with van der Waals surface area (Å²) < 4.78 is 1.77. The first-order valence-corrected chi connectivity index (χ1v) is 6.78. The summed E-state index contributed by atoms with van der Waals surface area (Å²) in [5, 5.41) is 4.13. The van der Waals surface area contributed by atoms with Gasteiger partial charge in [0.2, 0.25) is 0 Å². The molecule has 1 aromatic carbocycles. The van der Waals surface area contributed by atoms with Crippen molar-refractivity contribution < 1.29 is 4.79 Å². The number of benzene rings is 1. The molecule has 1 aromatic heterocycles. The van der Waals surface area contributed by atoms with Crippen LogP contribution in [0.25, 0.3) is 0 Å². The third kappa shape index (κ3) is 3.51. The molecule has 5 nitrogen and oxygen atoms in total. The Labute approximate surface area is 118 Å². The van der Waals surface area contributed by atoms with Gasteiger partial charge in [0.05, 0.1) is 6.42 Å². The third-order valence-electron chi connectivity index (χ3n) is 3.17. The molecule has 1 unspecified atom stereocenters. The predicted molar refractivity (Wildman–Crippen MR) is 77.1 cm³/mol. The van der Waals surface area contributed by atoms with E-state index in [0.29, 0.717) is 12.2 Å². The average Bonchev–Trinajstić information content (AvgIpc) is 2.87. The van der Waals surface area contributed by atoms with Gasteiger partial charge in [0, 0.05) is 18.5 Å². The first kappa shape index (κ1) is 14.4. The molecular weight excluding hydrogens is 252 g/mol. The summed E-state index contributed by atoms with van der Waals surface area (Å²) >= 11 is 0. The summed E-state index contributed by atoms with van der Waals surface area (Å²) in [6.07, 6.45) is 2.08. The molecule has 2 rings (SSSR count). The van der Waals surface area contributed by atoms with E-state index in [1.807, 2.05) is 44.2 Å². The molecule has 0 aliphatic heterocycles. The molecule has 0 fully saturated rings. The lowest BCUT2D eigenvalue weighted by Gasteiger charge is -2.12. The van der Waals surface area contributed by atoms with Crippen molar-refractivity contribution in [3.63, 3.8) is 0 Å². The Morgan fingerprint density at radius 2 is 2.00 bits per heavy atom. The second-order valence-corrected chi connectivity index (χ2v) is 5.15. The van der Waals surface area contributed by atoms with Gasteiger partial charge in [0.15, 0.2) is 0 Å². The number of ketones is 1. The van der Waals surface area contributed by atoms with Crippen LogP contribution in [0.15, 0.2) is 36.7 Å². The number of rotatable bonds is 6. The van der Waals surface area contributed by atoms with E-state index in [2.05, 4.69) is 10.1 Å². The molecule has 106 valence electrons. The van der Waals surface area contributed by atoms with E-state index in [1.165, 1.54) is 6.33 Å². The first-order valence-electron chi connectivity index (χ1n) is 6.78. The minimum atomic E-state index is -0.265. The van der Waals surface area contributed by atoms with Gasteiger partial charge in [-0.1, -0.05) is 30.3 Å². The fraction of sp³-hybridized carbons (Fsp3) is 0.400. The molecule has 2 N–H and O–H groups in total. The first-order chi connectivity index (χ1) is 9.58. The highest BCUT2D eigenvalue weighted by Gasteiger charge is 2.15. The number of nitrogens with zero attached hydrogens (tertiary/aromatic N) is 3. The summed E-state index contributed by atoms with van der Waals surface area (Å²) in [6.45, 7) is 4.02. The quantitative estimate of drug-likeness (QED) is 0.873. The Bertz CT molecular complexity index is 562. The van der Waals surface area contributed by atoms with Crippen molar-refractivity contribution in [2.75, 3.05) is 0 Å². The summed E-state index contributed by atoms with van der Waals surface area (Å²) in [5.74, 6) is 0.779. The van der Waals surface area contributed by atoms with Crippen molar-refractivity contribution in [1.29, 1.82) is 0 Å². The van der Waals surface area contributed by atoms with Gasteiger partial charge in [-0.2, -0.15) is 5.10 Å². The second kappa shape index (κ2) is 6.43. The van der Waals surface area contributed by atoms with Crippen LogP contribution < -0.4 is 5.73 Å². The van der Waals surface area contributed by atoms with E-state index in [0.717, 1.165) is 5.56 Å². The lowest BCUT2D eigenvalue weighted by atomic mass is 10.0. The van der Waals surface area contributed by atoms with Crippen LogP contribution in [0.5, 0.6) is 0 Å². The van der Waals surface area contributed by atoms with Gasteiger partial charge in [0.25, 0.3) is 0 Å². The molecule has 0 aliphatic carbocycles. The van der Waals surface area contributed by atoms with Crippen LogP contribution in [0.3, 0.4) is 0 Å². The number of aromatic nitrogens is 3. The summed E-state index contributed by atoms with van der Waals surface area (Å²) in [5.41, 5.74) is 7.04. The van der Waals surface area contributed by atoms with Gasteiger partial charge in [-0.15, -0.1) is 0 Å². The molecule has 0 spiro atoms. The molecule has 0 radical (unpaired) electrons. The second-order valence-electron chi connectivity index (χ2n) is 5.15. The van der Waals surface area contributed by atoms with Crippen LogP contribution in [0, 0.1) is 0 Å². The molecule has 0 saturated carbocycles. The van der Waals surface area contributed by atoms with E-state index < -0.39 is 0 Å². The molecule has 0 aliphatic rings. The molecule has 0 amide bonds. The third-order valence-corrected chi connectivity index (χ3v) is 3.17. The zero-order valence-corrected chi connectivity index (χ0v) is 11.9. The van der Waals surface area contributed by atoms with Crippen LogP contribution >= 0.6 is 0 Å². The lowest BCUT2D eigenvalue weighted by Crippen LogP contribution is -2.19. The molecule has 2 aromatic rings. The Balaban J connectivity index is 1.97. The SMILES string of the molecule is CC(C)n1ncnc1CC(=O)CC(N)c1ccccc1. The maximum Gasteiger partial charge on any atom is 0.142 e. The van der Waals surface area contributed by atoms with E-state index in [9.17, 15) is 4.79 Å². The molecule has 1 atom stereocenters. The molecule has 1 heterocycles. The van der Waals surface area contributed by atoms with Crippen molar-refractivity contribution in [3.05, 3.63) is 48.0 Å². The summed E-state index contributed by atoms with van der Waals surface area (Å²) in [6, 6.07) is 9.60. The maximum absolute atomic E-state index is 12.1. The fourth-order valence-electron chi connectivity index (χ4n) is 2.14. The average molecular weight is 272 g/mol. The van der Waals surface area contributed by atoms with E-state index in [1.54, 1.807) is 4.68 Å². The Morgan fingerprint density at radius 3 is 2.65 bits per heavy atom. The van der Waals surface area contributed by atoms with Gasteiger partial charge in [-0.25, -0.2) is 9.67 Å². The molecular formula is C15H20N4O. The van der Waals surface area contributed by atoms with Crippen molar-refractivity contribution in [1.82, 2.24) is 14.8 Å². The number of nitrogens with two attached hydrogens (primary N) is 1. The zero-order chi connectivity index (χ0) is 14.5. The van der Waals surface area contributed by atoms with Gasteiger partial charge in [-0.05, 0) is 19.4 Å². The maximum atomic E-state index is 12.1. The monoisotopic (exact) mass is 272 g/mol. The summed E-state index contributed by atoms with van der Waals surface area (Å²) in [4.78, 5) is 16.3. The zero-order valence-electron chi connectivity index (χ0n) is 11.9. The van der Waals surface area contributed by atoms with Crippen molar-refractivity contribution in [2.24, 2.45) is 5.73 Å². The standard InChI is InChI=1S/C15H20N4O/c1-11(2)19-15(17-10-18-19)9-13(20)8-14(16)12-6-4-3-5-7-12/h3-7,10-11,14H,8-9,16H2,1-2H3. The smallest absolute Gasteiger partial charge is 0.142 e. The summed E-state index contributed by atoms with van der Waals surface area (Å²) in [7, 11) is 0. The van der Waals surface area contributed by atoms with Crippen molar-refractivity contribution in [3.8, 4) is 0 Å². The Morgan fingerprint density at radius 1 is 1.30 bits per heavy atom. The highest BCUT2D eigenvalue weighted by atomic mass is 16.1. The molecule has 0 saturated heterocycles. The van der Waals surface area contributed by atoms with Gasteiger partial charge in [0.1, 0.15) is 17.9 Å². The van der Waals surface area contributed by atoms with Gasteiger partial charge < -0.3 is 5.73 Å². The van der Waals surface area contributed by atoms with Crippen LogP contribution in [0.4, 0.5) is 0 Å². The predicted octanol–water partition coefficient (Wildman–Crippen LogP) is 2.06. The normalized spacial score (nSPS) is 12.6.